The van der Waals surface area contributed by atoms with E-state index in [9.17, 15) is 9.59 Å². The predicted octanol–water partition coefficient (Wildman–Crippen LogP) is 2.94. The van der Waals surface area contributed by atoms with Gasteiger partial charge in [0.15, 0.2) is 5.76 Å². The van der Waals surface area contributed by atoms with E-state index in [2.05, 4.69) is 36.5 Å². The van der Waals surface area contributed by atoms with Gasteiger partial charge in [0.25, 0.3) is 5.91 Å². The Labute approximate surface area is 148 Å². The summed E-state index contributed by atoms with van der Waals surface area (Å²) >= 11 is 0. The van der Waals surface area contributed by atoms with Gasteiger partial charge in [0.2, 0.25) is 5.91 Å². The van der Waals surface area contributed by atoms with Gasteiger partial charge in [-0.3, -0.25) is 9.59 Å². The van der Waals surface area contributed by atoms with E-state index < -0.39 is 0 Å². The van der Waals surface area contributed by atoms with Gasteiger partial charge in [0.05, 0.1) is 6.26 Å². The molecule has 1 N–H and O–H groups in total. The average molecular weight is 340 g/mol. The number of hydrogen-bond donors (Lipinski definition) is 1. The molecule has 5 nitrogen and oxygen atoms in total. The second-order valence-electron chi connectivity index (χ2n) is 6.60. The smallest absolute Gasteiger partial charge is 0.289 e. The number of likely N-dealkylation sites (tertiary alicyclic amines) is 1. The van der Waals surface area contributed by atoms with E-state index in [4.69, 9.17) is 4.42 Å². The summed E-state index contributed by atoms with van der Waals surface area (Å²) in [5, 5.41) is 3.09. The summed E-state index contributed by atoms with van der Waals surface area (Å²) < 4.78 is 5.16. The number of hydrogen-bond acceptors (Lipinski definition) is 3. The zero-order valence-electron chi connectivity index (χ0n) is 14.5. The van der Waals surface area contributed by atoms with Crippen LogP contribution in [0.1, 0.15) is 40.9 Å². The summed E-state index contributed by atoms with van der Waals surface area (Å²) in [5.74, 6) is 0.381. The van der Waals surface area contributed by atoms with Crippen LogP contribution in [-0.2, 0) is 11.2 Å². The molecule has 0 atom stereocenters. The summed E-state index contributed by atoms with van der Waals surface area (Å²) in [6, 6.07) is 11.8. The van der Waals surface area contributed by atoms with Gasteiger partial charge in [0, 0.05) is 25.6 Å². The Balaban J connectivity index is 1.40. The molecule has 5 heteroatoms. The highest BCUT2D eigenvalue weighted by molar-refractivity contribution is 5.91. The van der Waals surface area contributed by atoms with Crippen molar-refractivity contribution >= 4 is 11.8 Å². The topological polar surface area (TPSA) is 62.6 Å². The van der Waals surface area contributed by atoms with Crippen LogP contribution in [0.3, 0.4) is 0 Å². The van der Waals surface area contributed by atoms with E-state index in [1.807, 2.05) is 0 Å². The van der Waals surface area contributed by atoms with Gasteiger partial charge in [-0.2, -0.15) is 0 Å². The van der Waals surface area contributed by atoms with E-state index in [1.165, 1.54) is 17.4 Å². The lowest BCUT2D eigenvalue weighted by molar-refractivity contribution is -0.122. The van der Waals surface area contributed by atoms with Crippen LogP contribution in [0, 0.1) is 6.92 Å². The Hall–Kier alpha value is -2.56. The second-order valence-corrected chi connectivity index (χ2v) is 6.60. The molecule has 1 aliphatic rings. The molecule has 0 bridgehead atoms. The van der Waals surface area contributed by atoms with Crippen molar-refractivity contribution in [2.75, 3.05) is 13.1 Å². The lowest BCUT2D eigenvalue weighted by Gasteiger charge is -2.31. The second kappa shape index (κ2) is 8.01. The fraction of sp³-hybridized carbons (Fsp3) is 0.400. The third-order valence-electron chi connectivity index (χ3n) is 4.64. The molecular formula is C20H24N2O3. The molecule has 2 heterocycles. The number of carbonyl (C=O) groups excluding carboxylic acids is 2. The lowest BCUT2D eigenvalue weighted by Crippen LogP contribution is -2.46. The number of aryl methyl sites for hydroxylation is 2. The molecule has 0 aliphatic carbocycles. The summed E-state index contributed by atoms with van der Waals surface area (Å²) in [7, 11) is 0. The van der Waals surface area contributed by atoms with Crippen molar-refractivity contribution < 1.29 is 14.0 Å². The molecule has 0 unspecified atom stereocenters. The molecule has 2 amide bonds. The maximum Gasteiger partial charge on any atom is 0.289 e. The number of carbonyl (C=O) groups is 2. The first-order valence-corrected chi connectivity index (χ1v) is 8.79. The van der Waals surface area contributed by atoms with Crippen LogP contribution in [0.5, 0.6) is 0 Å². The Morgan fingerprint density at radius 2 is 1.88 bits per heavy atom. The largest absolute Gasteiger partial charge is 0.459 e. The monoisotopic (exact) mass is 340 g/mol. The maximum absolute atomic E-state index is 12.2. The molecule has 1 aromatic carbocycles. The van der Waals surface area contributed by atoms with Gasteiger partial charge < -0.3 is 14.6 Å². The number of nitrogens with zero attached hydrogens (tertiary/aromatic N) is 1. The maximum atomic E-state index is 12.2. The van der Waals surface area contributed by atoms with E-state index in [0.717, 1.165) is 19.3 Å². The van der Waals surface area contributed by atoms with Crippen molar-refractivity contribution in [2.24, 2.45) is 0 Å². The van der Waals surface area contributed by atoms with Gasteiger partial charge in [-0.15, -0.1) is 0 Å². The van der Waals surface area contributed by atoms with Crippen LogP contribution in [0.2, 0.25) is 0 Å². The summed E-state index contributed by atoms with van der Waals surface area (Å²) in [5.41, 5.74) is 2.41. The molecule has 1 aliphatic heterocycles. The Bertz CT molecular complexity index is 699. The van der Waals surface area contributed by atoms with Crippen molar-refractivity contribution in [1.82, 2.24) is 10.2 Å². The molecule has 0 saturated carbocycles. The lowest BCUT2D eigenvalue weighted by atomic mass is 10.0. The minimum absolute atomic E-state index is 0.0749. The number of furan rings is 1. The highest BCUT2D eigenvalue weighted by Gasteiger charge is 2.25. The van der Waals surface area contributed by atoms with Crippen molar-refractivity contribution in [3.63, 3.8) is 0 Å². The van der Waals surface area contributed by atoms with Gasteiger partial charge in [-0.05, 0) is 43.9 Å². The molecule has 1 saturated heterocycles. The fourth-order valence-electron chi connectivity index (χ4n) is 3.10. The SMILES string of the molecule is Cc1ccc(CCC(=O)NC2CCN(C(=O)c3ccco3)CC2)cc1. The minimum Gasteiger partial charge on any atom is -0.459 e. The first-order chi connectivity index (χ1) is 12.1. The standard InChI is InChI=1S/C20H24N2O3/c1-15-4-6-16(7-5-15)8-9-19(23)21-17-10-12-22(13-11-17)20(24)18-3-2-14-25-18/h2-7,14,17H,8-13H2,1H3,(H,21,23). The number of rotatable bonds is 5. The first-order valence-electron chi connectivity index (χ1n) is 8.79. The average Bonchev–Trinajstić information content (AvgIpc) is 3.16. The molecule has 3 rings (SSSR count). The quantitative estimate of drug-likeness (QED) is 0.910. The number of amides is 2. The van der Waals surface area contributed by atoms with Gasteiger partial charge in [0.1, 0.15) is 0 Å². The van der Waals surface area contributed by atoms with Crippen molar-refractivity contribution in [3.8, 4) is 0 Å². The number of benzene rings is 1. The zero-order chi connectivity index (χ0) is 17.6. The van der Waals surface area contributed by atoms with Crippen LogP contribution in [0.25, 0.3) is 0 Å². The third kappa shape index (κ3) is 4.72. The van der Waals surface area contributed by atoms with E-state index in [1.54, 1.807) is 17.0 Å². The molecule has 0 spiro atoms. The predicted molar refractivity (Wildman–Crippen MR) is 95.3 cm³/mol. The van der Waals surface area contributed by atoms with E-state index in [-0.39, 0.29) is 17.9 Å². The van der Waals surface area contributed by atoms with E-state index >= 15 is 0 Å². The van der Waals surface area contributed by atoms with Crippen LogP contribution in [-0.4, -0.2) is 35.8 Å². The summed E-state index contributed by atoms with van der Waals surface area (Å²) in [4.78, 5) is 26.2. The zero-order valence-corrected chi connectivity index (χ0v) is 14.5. The molecule has 25 heavy (non-hydrogen) atoms. The van der Waals surface area contributed by atoms with Crippen LogP contribution in [0.15, 0.2) is 47.1 Å². The molecule has 1 aromatic heterocycles. The number of piperidine rings is 1. The van der Waals surface area contributed by atoms with Crippen LogP contribution in [0.4, 0.5) is 0 Å². The molecule has 1 fully saturated rings. The normalized spacial score (nSPS) is 15.2. The van der Waals surface area contributed by atoms with Crippen molar-refractivity contribution in [2.45, 2.75) is 38.6 Å². The Morgan fingerprint density at radius 3 is 2.52 bits per heavy atom. The van der Waals surface area contributed by atoms with Crippen molar-refractivity contribution in [3.05, 3.63) is 59.5 Å². The van der Waals surface area contributed by atoms with Crippen molar-refractivity contribution in [1.29, 1.82) is 0 Å². The van der Waals surface area contributed by atoms with Crippen LogP contribution >= 0.6 is 0 Å². The Morgan fingerprint density at radius 1 is 1.16 bits per heavy atom. The van der Waals surface area contributed by atoms with Crippen LogP contribution < -0.4 is 5.32 Å². The highest BCUT2D eigenvalue weighted by Crippen LogP contribution is 2.15. The summed E-state index contributed by atoms with van der Waals surface area (Å²) in [6.07, 6.45) is 4.32. The fourth-order valence-corrected chi connectivity index (χ4v) is 3.10. The number of nitrogens with one attached hydrogen (secondary N) is 1. The third-order valence-corrected chi connectivity index (χ3v) is 4.64. The molecule has 0 radical (unpaired) electrons. The summed E-state index contributed by atoms with van der Waals surface area (Å²) in [6.45, 7) is 3.34. The van der Waals surface area contributed by atoms with Gasteiger partial charge >= 0.3 is 0 Å². The van der Waals surface area contributed by atoms with Gasteiger partial charge in [-0.1, -0.05) is 29.8 Å². The van der Waals surface area contributed by atoms with Gasteiger partial charge in [-0.25, -0.2) is 0 Å². The minimum atomic E-state index is -0.0749. The molecule has 132 valence electrons. The highest BCUT2D eigenvalue weighted by atomic mass is 16.3. The molecular weight excluding hydrogens is 316 g/mol. The molecule has 2 aromatic rings. The Kier molecular flexibility index (Phi) is 5.53. The van der Waals surface area contributed by atoms with E-state index in [0.29, 0.717) is 25.3 Å². The first kappa shape index (κ1) is 17.3.